The van der Waals surface area contributed by atoms with Gasteiger partial charge in [0.2, 0.25) is 0 Å². The number of anilines is 1. The molecular weight excluding hydrogens is 494 g/mol. The molecule has 210 valence electrons. The fourth-order valence-electron chi connectivity index (χ4n) is 8.49. The number of carbonyl (C=O) groups is 2. The van der Waals surface area contributed by atoms with Gasteiger partial charge in [0.1, 0.15) is 6.10 Å². The second-order valence-corrected chi connectivity index (χ2v) is 13.3. The van der Waals surface area contributed by atoms with Crippen molar-refractivity contribution in [3.05, 3.63) is 53.6 Å². The van der Waals surface area contributed by atoms with Crippen molar-refractivity contribution in [1.82, 2.24) is 0 Å². The molecule has 2 bridgehead atoms. The van der Waals surface area contributed by atoms with Crippen LogP contribution in [0.2, 0.25) is 0 Å². The molecule has 6 rings (SSSR count). The van der Waals surface area contributed by atoms with E-state index >= 15 is 0 Å². The number of carbonyl (C=O) groups excluding carboxylic acids is 2. The lowest BCUT2D eigenvalue weighted by Crippen LogP contribution is -2.68. The number of ether oxygens (including phenoxy) is 3. The summed E-state index contributed by atoms with van der Waals surface area (Å²) in [6, 6.07) is 9.33. The molecular formula is C32H41NO6. The fraction of sp³-hybridized carbons (Fsp3) is 0.625. The van der Waals surface area contributed by atoms with Crippen LogP contribution >= 0.6 is 0 Å². The highest BCUT2D eigenvalue weighted by molar-refractivity contribution is 5.96. The smallest absolute Gasteiger partial charge is 0.414 e. The fourth-order valence-corrected chi connectivity index (χ4v) is 8.49. The molecule has 0 radical (unpaired) electrons. The van der Waals surface area contributed by atoms with Gasteiger partial charge in [-0.25, -0.2) is 4.79 Å². The number of aliphatic hydroxyl groups is 1. The maximum Gasteiger partial charge on any atom is 0.414 e. The van der Waals surface area contributed by atoms with Crippen molar-refractivity contribution in [2.75, 3.05) is 18.1 Å². The summed E-state index contributed by atoms with van der Waals surface area (Å²) < 4.78 is 18.8. The number of nitrogens with zero attached hydrogens (tertiary/aromatic N) is 1. The number of ketones is 1. The summed E-state index contributed by atoms with van der Waals surface area (Å²) in [5, 5.41) is 13.1. The van der Waals surface area contributed by atoms with Gasteiger partial charge in [-0.3, -0.25) is 9.69 Å². The van der Waals surface area contributed by atoms with E-state index in [0.29, 0.717) is 23.7 Å². The largest absolute Gasteiger partial charge is 0.438 e. The first-order valence-corrected chi connectivity index (χ1v) is 14.3. The van der Waals surface area contributed by atoms with Crippen molar-refractivity contribution >= 4 is 17.6 Å². The van der Waals surface area contributed by atoms with E-state index in [0.717, 1.165) is 12.0 Å². The Morgan fingerprint density at radius 3 is 2.54 bits per heavy atom. The van der Waals surface area contributed by atoms with Crippen LogP contribution in [0.3, 0.4) is 0 Å². The molecule has 8 atom stereocenters. The van der Waals surface area contributed by atoms with E-state index in [-0.39, 0.29) is 35.6 Å². The van der Waals surface area contributed by atoms with Gasteiger partial charge in [0.15, 0.2) is 23.3 Å². The van der Waals surface area contributed by atoms with E-state index in [4.69, 9.17) is 14.2 Å². The molecule has 0 aromatic heterocycles. The molecule has 1 aromatic rings. The third kappa shape index (κ3) is 3.52. The Balaban J connectivity index is 1.48. The zero-order chi connectivity index (χ0) is 28.1. The lowest BCUT2D eigenvalue weighted by Gasteiger charge is -2.52. The minimum absolute atomic E-state index is 0.00665. The summed E-state index contributed by atoms with van der Waals surface area (Å²) in [5.41, 5.74) is -0.887. The Bertz CT molecular complexity index is 1270. The van der Waals surface area contributed by atoms with Gasteiger partial charge >= 0.3 is 6.09 Å². The first kappa shape index (κ1) is 26.7. The molecule has 4 aliphatic carbocycles. The van der Waals surface area contributed by atoms with Crippen LogP contribution in [-0.4, -0.2) is 53.7 Å². The second kappa shape index (κ2) is 8.51. The van der Waals surface area contributed by atoms with Crippen LogP contribution in [0.5, 0.6) is 0 Å². The van der Waals surface area contributed by atoms with Crippen molar-refractivity contribution in [1.29, 1.82) is 0 Å². The third-order valence-electron chi connectivity index (χ3n) is 10.5. The van der Waals surface area contributed by atoms with Gasteiger partial charge in [-0.15, -0.1) is 0 Å². The van der Waals surface area contributed by atoms with Crippen molar-refractivity contribution < 1.29 is 28.9 Å². The quantitative estimate of drug-likeness (QED) is 0.530. The van der Waals surface area contributed by atoms with E-state index in [9.17, 15) is 14.7 Å². The molecule has 7 heteroatoms. The minimum Gasteiger partial charge on any atom is -0.438 e. The highest BCUT2D eigenvalue weighted by Crippen LogP contribution is 2.72. The number of allylic oxidation sites excluding steroid dienone is 1. The maximum atomic E-state index is 14.8. The third-order valence-corrected chi connectivity index (χ3v) is 10.5. The monoisotopic (exact) mass is 535 g/mol. The molecule has 1 heterocycles. The Morgan fingerprint density at radius 2 is 1.87 bits per heavy atom. The molecule has 1 aromatic carbocycles. The van der Waals surface area contributed by atoms with E-state index in [1.807, 2.05) is 70.2 Å². The predicted molar refractivity (Wildman–Crippen MR) is 147 cm³/mol. The zero-order valence-electron chi connectivity index (χ0n) is 24.1. The molecule has 0 unspecified atom stereocenters. The predicted octanol–water partition coefficient (Wildman–Crippen LogP) is 5.28. The SMILES string of the molecule is CCN(C(=O)O[C@H]1C(C)=C[C@]23C(=O)[C@@H](C=C4COC(C)(C)O[C@H]4[C@]12O)[C@H]1[C@@H](C[C@H]3C)C1(C)C)c1ccccc1. The van der Waals surface area contributed by atoms with Crippen LogP contribution < -0.4 is 4.90 Å². The van der Waals surface area contributed by atoms with E-state index < -0.39 is 35.1 Å². The molecule has 3 fully saturated rings. The average molecular weight is 536 g/mol. The summed E-state index contributed by atoms with van der Waals surface area (Å²) in [6.45, 7) is 14.6. The molecule has 2 saturated carbocycles. The number of fused-ring (bicyclic) bond motifs is 5. The van der Waals surface area contributed by atoms with Crippen LogP contribution in [-0.2, 0) is 19.0 Å². The average Bonchev–Trinajstić information content (AvgIpc) is 3.37. The molecule has 39 heavy (non-hydrogen) atoms. The Kier molecular flexibility index (Phi) is 5.83. The Labute approximate surface area is 231 Å². The van der Waals surface area contributed by atoms with Gasteiger partial charge in [0, 0.05) is 18.2 Å². The van der Waals surface area contributed by atoms with E-state index in [1.54, 1.807) is 4.90 Å². The lowest BCUT2D eigenvalue weighted by atomic mass is 9.59. The summed E-state index contributed by atoms with van der Waals surface area (Å²) in [4.78, 5) is 30.0. The molecule has 1 aliphatic heterocycles. The number of amides is 1. The number of hydrogen-bond donors (Lipinski definition) is 1. The van der Waals surface area contributed by atoms with Crippen LogP contribution in [0.15, 0.2) is 53.6 Å². The number of hydrogen-bond acceptors (Lipinski definition) is 6. The van der Waals surface area contributed by atoms with Crippen LogP contribution in [0.1, 0.15) is 54.9 Å². The Morgan fingerprint density at radius 1 is 1.18 bits per heavy atom. The van der Waals surface area contributed by atoms with Crippen molar-refractivity contribution in [2.45, 2.75) is 78.5 Å². The highest BCUT2D eigenvalue weighted by Gasteiger charge is 2.77. The second-order valence-electron chi connectivity index (χ2n) is 13.3. The molecule has 1 spiro atoms. The van der Waals surface area contributed by atoms with Gasteiger partial charge in [-0.2, -0.15) is 0 Å². The number of rotatable bonds is 3. The maximum absolute atomic E-state index is 14.8. The van der Waals surface area contributed by atoms with Crippen LogP contribution in [0, 0.1) is 34.5 Å². The highest BCUT2D eigenvalue weighted by atomic mass is 16.7. The summed E-state index contributed by atoms with van der Waals surface area (Å²) in [5.74, 6) is -0.930. The lowest BCUT2D eigenvalue weighted by molar-refractivity contribution is -0.302. The number of para-hydroxylation sites is 1. The van der Waals surface area contributed by atoms with Crippen molar-refractivity contribution in [3.8, 4) is 0 Å². The van der Waals surface area contributed by atoms with Gasteiger partial charge in [-0.05, 0) is 80.6 Å². The van der Waals surface area contributed by atoms with Gasteiger partial charge in [-0.1, -0.05) is 51.1 Å². The van der Waals surface area contributed by atoms with Gasteiger partial charge < -0.3 is 19.3 Å². The zero-order valence-corrected chi connectivity index (χ0v) is 24.1. The topological polar surface area (TPSA) is 85.3 Å². The van der Waals surface area contributed by atoms with Crippen molar-refractivity contribution in [2.24, 2.45) is 34.5 Å². The van der Waals surface area contributed by atoms with Crippen molar-refractivity contribution in [3.63, 3.8) is 0 Å². The standard InChI is InChI=1S/C32H41NO6/c1-8-33(21-12-10-9-11-13-21)28(35)38-26-18(2)16-31-19(3)14-23-24(29(23,4)5)22(25(31)34)15-20-17-37-30(6,7)39-27(20)32(26,31)36/h9-13,15-16,19,22-24,26-27,36H,8,14,17H2,1-7H3/t19-,22+,23-,24+,26+,27-,31+,32-/m1/s1. The number of benzene rings is 1. The molecule has 7 nitrogen and oxygen atoms in total. The van der Waals surface area contributed by atoms with Crippen LogP contribution in [0.25, 0.3) is 0 Å². The summed E-state index contributed by atoms with van der Waals surface area (Å²) in [7, 11) is 0. The first-order valence-electron chi connectivity index (χ1n) is 14.3. The Hall–Kier alpha value is -2.48. The van der Waals surface area contributed by atoms with E-state index in [1.165, 1.54) is 0 Å². The first-order chi connectivity index (χ1) is 18.3. The minimum atomic E-state index is -1.82. The van der Waals surface area contributed by atoms with Gasteiger partial charge in [0.05, 0.1) is 12.0 Å². The molecule has 1 amide bonds. The van der Waals surface area contributed by atoms with Crippen LogP contribution in [0.4, 0.5) is 10.5 Å². The normalized spacial score (nSPS) is 41.1. The van der Waals surface area contributed by atoms with Gasteiger partial charge in [0.25, 0.3) is 0 Å². The van der Waals surface area contributed by atoms with E-state index in [2.05, 4.69) is 20.8 Å². The molecule has 5 aliphatic rings. The summed E-state index contributed by atoms with van der Waals surface area (Å²) >= 11 is 0. The molecule has 1 N–H and O–H groups in total. The summed E-state index contributed by atoms with van der Waals surface area (Å²) in [6.07, 6.45) is 2.27. The molecule has 1 saturated heterocycles. The number of Topliss-reactive ketones (excluding diaryl/α,β-unsaturated/α-hetero) is 1.